The van der Waals surface area contributed by atoms with Gasteiger partial charge in [-0.3, -0.25) is 9.48 Å². The molecule has 0 spiro atoms. The SMILES string of the molecule is O=c1ccc2c(n1CCn1cccn1)CC[C@@H](NCc1ccccc1)C2. The van der Waals surface area contributed by atoms with E-state index in [1.165, 1.54) is 16.8 Å². The van der Waals surface area contributed by atoms with Gasteiger partial charge < -0.3 is 9.88 Å². The zero-order valence-electron chi connectivity index (χ0n) is 14.8. The van der Waals surface area contributed by atoms with Gasteiger partial charge in [-0.25, -0.2) is 0 Å². The maximum atomic E-state index is 12.4. The molecule has 1 N–H and O–H groups in total. The summed E-state index contributed by atoms with van der Waals surface area (Å²) in [6.07, 6.45) is 6.68. The number of hydrogen-bond donors (Lipinski definition) is 1. The molecule has 1 aliphatic rings. The van der Waals surface area contributed by atoms with Gasteiger partial charge in [-0.1, -0.05) is 36.4 Å². The summed E-state index contributed by atoms with van der Waals surface area (Å²) in [6, 6.07) is 16.6. The first kappa shape index (κ1) is 16.8. The van der Waals surface area contributed by atoms with Gasteiger partial charge in [0.15, 0.2) is 0 Å². The van der Waals surface area contributed by atoms with Crippen LogP contribution in [0.4, 0.5) is 0 Å². The number of benzene rings is 1. The minimum absolute atomic E-state index is 0.0894. The molecule has 26 heavy (non-hydrogen) atoms. The predicted octanol–water partition coefficient (Wildman–Crippen LogP) is 2.39. The summed E-state index contributed by atoms with van der Waals surface area (Å²) in [6.45, 7) is 2.28. The van der Waals surface area contributed by atoms with E-state index in [2.05, 4.69) is 34.7 Å². The van der Waals surface area contributed by atoms with Crippen LogP contribution in [0.3, 0.4) is 0 Å². The quantitative estimate of drug-likeness (QED) is 0.744. The van der Waals surface area contributed by atoms with Gasteiger partial charge in [0.25, 0.3) is 5.56 Å². The third kappa shape index (κ3) is 3.78. The first-order valence-electron chi connectivity index (χ1n) is 9.26. The Bertz CT molecular complexity index is 900. The molecular formula is C21H24N4O. The lowest BCUT2D eigenvalue weighted by Crippen LogP contribution is -2.37. The van der Waals surface area contributed by atoms with Crippen LogP contribution in [-0.2, 0) is 32.5 Å². The third-order valence-corrected chi connectivity index (χ3v) is 5.14. The zero-order chi connectivity index (χ0) is 17.8. The summed E-state index contributed by atoms with van der Waals surface area (Å²) < 4.78 is 3.81. The smallest absolute Gasteiger partial charge is 0.250 e. The second kappa shape index (κ2) is 7.70. The molecule has 4 rings (SSSR count). The van der Waals surface area contributed by atoms with Crippen molar-refractivity contribution in [3.8, 4) is 0 Å². The summed E-state index contributed by atoms with van der Waals surface area (Å²) in [7, 11) is 0. The van der Waals surface area contributed by atoms with Crippen LogP contribution >= 0.6 is 0 Å². The van der Waals surface area contributed by atoms with Gasteiger partial charge in [0.2, 0.25) is 0 Å². The van der Waals surface area contributed by atoms with Gasteiger partial charge in [0, 0.05) is 43.3 Å². The summed E-state index contributed by atoms with van der Waals surface area (Å²) in [5.41, 5.74) is 3.89. The van der Waals surface area contributed by atoms with E-state index in [1.807, 2.05) is 33.6 Å². The number of rotatable bonds is 6. The Balaban J connectivity index is 1.44. The molecule has 0 amide bonds. The van der Waals surface area contributed by atoms with E-state index in [-0.39, 0.29) is 5.56 Å². The molecule has 134 valence electrons. The number of fused-ring (bicyclic) bond motifs is 1. The Morgan fingerprint density at radius 3 is 2.77 bits per heavy atom. The molecule has 0 saturated carbocycles. The molecule has 2 heterocycles. The topological polar surface area (TPSA) is 51.9 Å². The second-order valence-corrected chi connectivity index (χ2v) is 6.87. The van der Waals surface area contributed by atoms with E-state index in [1.54, 1.807) is 12.3 Å². The maximum absolute atomic E-state index is 12.4. The standard InChI is InChI=1S/C21H24N4O/c26-21-10-7-18-15-19(22-16-17-5-2-1-3-6-17)8-9-20(18)25(21)14-13-24-12-4-11-23-24/h1-7,10-12,19,22H,8-9,13-16H2/t19-/m1/s1. The van der Waals surface area contributed by atoms with Crippen molar-refractivity contribution in [1.29, 1.82) is 0 Å². The summed E-state index contributed by atoms with van der Waals surface area (Å²) >= 11 is 0. The van der Waals surface area contributed by atoms with Gasteiger partial charge in [-0.05, 0) is 36.5 Å². The van der Waals surface area contributed by atoms with Crippen molar-refractivity contribution in [1.82, 2.24) is 19.7 Å². The van der Waals surface area contributed by atoms with Crippen LogP contribution in [0.2, 0.25) is 0 Å². The van der Waals surface area contributed by atoms with Gasteiger partial charge in [-0.15, -0.1) is 0 Å². The molecule has 3 aromatic rings. The van der Waals surface area contributed by atoms with E-state index in [9.17, 15) is 4.79 Å². The fraction of sp³-hybridized carbons (Fsp3) is 0.333. The fourth-order valence-corrected chi connectivity index (χ4v) is 3.74. The van der Waals surface area contributed by atoms with Crippen molar-refractivity contribution in [3.05, 3.63) is 88.1 Å². The normalized spacial score (nSPS) is 16.4. The van der Waals surface area contributed by atoms with Crippen molar-refractivity contribution in [2.45, 2.75) is 44.9 Å². The molecule has 5 heteroatoms. The lowest BCUT2D eigenvalue weighted by molar-refractivity contribution is 0.431. The minimum atomic E-state index is 0.0894. The van der Waals surface area contributed by atoms with Crippen molar-refractivity contribution in [3.63, 3.8) is 0 Å². The summed E-state index contributed by atoms with van der Waals surface area (Å²) in [4.78, 5) is 12.4. The summed E-state index contributed by atoms with van der Waals surface area (Å²) in [5.74, 6) is 0. The molecule has 1 aromatic carbocycles. The Kier molecular flexibility index (Phi) is 4.97. The van der Waals surface area contributed by atoms with Crippen molar-refractivity contribution >= 4 is 0 Å². The van der Waals surface area contributed by atoms with E-state index < -0.39 is 0 Å². The molecule has 1 atom stereocenters. The molecule has 0 aliphatic heterocycles. The maximum Gasteiger partial charge on any atom is 0.250 e. The molecule has 0 saturated heterocycles. The largest absolute Gasteiger partial charge is 0.311 e. The molecule has 0 radical (unpaired) electrons. The lowest BCUT2D eigenvalue weighted by Gasteiger charge is -2.28. The van der Waals surface area contributed by atoms with Crippen molar-refractivity contribution in [2.24, 2.45) is 0 Å². The lowest BCUT2D eigenvalue weighted by atomic mass is 9.91. The Morgan fingerprint density at radius 1 is 1.08 bits per heavy atom. The first-order valence-corrected chi connectivity index (χ1v) is 9.26. The molecule has 5 nitrogen and oxygen atoms in total. The second-order valence-electron chi connectivity index (χ2n) is 6.87. The van der Waals surface area contributed by atoms with E-state index in [4.69, 9.17) is 0 Å². The highest BCUT2D eigenvalue weighted by molar-refractivity contribution is 5.26. The molecule has 0 fully saturated rings. The summed E-state index contributed by atoms with van der Waals surface area (Å²) in [5, 5.41) is 7.90. The van der Waals surface area contributed by atoms with Crippen LogP contribution in [0, 0.1) is 0 Å². The molecule has 1 aliphatic carbocycles. The Morgan fingerprint density at radius 2 is 1.96 bits per heavy atom. The average Bonchev–Trinajstić information content (AvgIpc) is 3.20. The van der Waals surface area contributed by atoms with Crippen molar-refractivity contribution in [2.75, 3.05) is 0 Å². The molecule has 0 unspecified atom stereocenters. The van der Waals surface area contributed by atoms with Crippen LogP contribution in [0.15, 0.2) is 65.7 Å². The number of nitrogens with zero attached hydrogens (tertiary/aromatic N) is 3. The fourth-order valence-electron chi connectivity index (χ4n) is 3.74. The van der Waals surface area contributed by atoms with Gasteiger partial charge >= 0.3 is 0 Å². The van der Waals surface area contributed by atoms with Crippen LogP contribution in [0.1, 0.15) is 23.2 Å². The van der Waals surface area contributed by atoms with Gasteiger partial charge in [0.05, 0.1) is 6.54 Å². The Labute approximate surface area is 153 Å². The van der Waals surface area contributed by atoms with E-state index in [0.717, 1.165) is 32.4 Å². The van der Waals surface area contributed by atoms with Crippen molar-refractivity contribution < 1.29 is 0 Å². The number of nitrogens with one attached hydrogen (secondary N) is 1. The molecular weight excluding hydrogens is 324 g/mol. The van der Waals surface area contributed by atoms with Gasteiger partial charge in [-0.2, -0.15) is 5.10 Å². The number of aryl methyl sites for hydroxylation is 1. The predicted molar refractivity (Wildman–Crippen MR) is 102 cm³/mol. The highest BCUT2D eigenvalue weighted by Crippen LogP contribution is 2.20. The van der Waals surface area contributed by atoms with Gasteiger partial charge in [0.1, 0.15) is 0 Å². The van der Waals surface area contributed by atoms with Crippen LogP contribution in [0.25, 0.3) is 0 Å². The monoisotopic (exact) mass is 348 g/mol. The van der Waals surface area contributed by atoms with E-state index in [0.29, 0.717) is 12.6 Å². The minimum Gasteiger partial charge on any atom is -0.311 e. The number of hydrogen-bond acceptors (Lipinski definition) is 3. The van der Waals surface area contributed by atoms with Crippen LogP contribution in [0.5, 0.6) is 0 Å². The zero-order valence-corrected chi connectivity index (χ0v) is 14.8. The number of pyridine rings is 1. The average molecular weight is 348 g/mol. The van der Waals surface area contributed by atoms with Crippen LogP contribution in [-0.4, -0.2) is 20.4 Å². The molecule has 2 aromatic heterocycles. The number of aromatic nitrogens is 3. The highest BCUT2D eigenvalue weighted by Gasteiger charge is 2.21. The highest BCUT2D eigenvalue weighted by atomic mass is 16.1. The first-order chi connectivity index (χ1) is 12.8. The molecule has 0 bridgehead atoms. The van der Waals surface area contributed by atoms with Crippen LogP contribution < -0.4 is 10.9 Å². The Hall–Kier alpha value is -2.66. The van der Waals surface area contributed by atoms with E-state index >= 15 is 0 Å². The third-order valence-electron chi connectivity index (χ3n) is 5.14.